The third-order valence-corrected chi connectivity index (χ3v) is 6.60. The highest BCUT2D eigenvalue weighted by Gasteiger charge is 2.17. The van der Waals surface area contributed by atoms with Gasteiger partial charge in [0, 0.05) is 40.1 Å². The number of benzene rings is 3. The minimum atomic E-state index is -2.31. The van der Waals surface area contributed by atoms with Gasteiger partial charge in [-0.15, -0.1) is 0 Å². The van der Waals surface area contributed by atoms with E-state index in [2.05, 4.69) is 9.97 Å². The molecule has 11 nitrogen and oxygen atoms in total. The lowest BCUT2D eigenvalue weighted by Crippen LogP contribution is -2.24. The van der Waals surface area contributed by atoms with Crippen molar-refractivity contribution in [3.8, 4) is 17.2 Å². The fraction of sp³-hybridized carbons (Fsp3) is 0.185. The van der Waals surface area contributed by atoms with Gasteiger partial charge in [-0.2, -0.15) is 4.98 Å². The molecule has 204 valence electrons. The first-order valence-corrected chi connectivity index (χ1v) is 12.9. The van der Waals surface area contributed by atoms with Crippen LogP contribution in [0.15, 0.2) is 71.8 Å². The quantitative estimate of drug-likeness (QED) is 0.185. The molecule has 1 heterocycles. The van der Waals surface area contributed by atoms with Crippen LogP contribution < -0.4 is 36.3 Å². The van der Waals surface area contributed by atoms with E-state index in [0.29, 0.717) is 47.3 Å². The van der Waals surface area contributed by atoms with E-state index in [1.165, 1.54) is 0 Å². The number of hydrogen-bond donors (Lipinski definition) is 3. The predicted octanol–water partition coefficient (Wildman–Crippen LogP) is 3.29. The monoisotopic (exact) mass is 549 g/mol. The molecule has 0 fully saturated rings. The van der Waals surface area contributed by atoms with Gasteiger partial charge >= 0.3 is 0 Å². The van der Waals surface area contributed by atoms with Crippen LogP contribution in [0.1, 0.15) is 11.1 Å². The van der Waals surface area contributed by atoms with Crippen LogP contribution >= 0.6 is 0 Å². The Morgan fingerprint density at radius 2 is 1.51 bits per heavy atom. The van der Waals surface area contributed by atoms with Gasteiger partial charge in [-0.1, -0.05) is 0 Å². The lowest BCUT2D eigenvalue weighted by molar-refractivity contribution is 0.281. The summed E-state index contributed by atoms with van der Waals surface area (Å²) >= 11 is -2.31. The molecule has 4 rings (SSSR count). The molecule has 0 aliphatic carbocycles. The first kappa shape index (κ1) is 27.5. The molecule has 0 aliphatic rings. The lowest BCUT2D eigenvalue weighted by Gasteiger charge is -2.26. The van der Waals surface area contributed by atoms with Crippen LogP contribution in [0.2, 0.25) is 0 Å². The van der Waals surface area contributed by atoms with E-state index in [-0.39, 0.29) is 17.5 Å². The van der Waals surface area contributed by atoms with Gasteiger partial charge in [0.2, 0.25) is 11.7 Å². The molecule has 0 radical (unpaired) electrons. The molecular weight excluding hydrogens is 520 g/mol. The zero-order chi connectivity index (χ0) is 27.9. The fourth-order valence-corrected chi connectivity index (χ4v) is 4.36. The number of nitrogen functional groups attached to an aromatic ring is 3. The van der Waals surface area contributed by atoms with Crippen molar-refractivity contribution in [2.45, 2.75) is 11.3 Å². The summed E-state index contributed by atoms with van der Waals surface area (Å²) in [6.45, 7) is 0.682. The summed E-state index contributed by atoms with van der Waals surface area (Å²) in [6.07, 6.45) is 2.03. The van der Waals surface area contributed by atoms with Crippen LogP contribution in [0, 0.1) is 0 Å². The molecule has 1 atom stereocenters. The summed E-state index contributed by atoms with van der Waals surface area (Å²) in [4.78, 5) is 10.2. The van der Waals surface area contributed by atoms with E-state index in [0.717, 1.165) is 16.9 Å². The van der Waals surface area contributed by atoms with Crippen molar-refractivity contribution in [1.82, 2.24) is 9.97 Å². The lowest BCUT2D eigenvalue weighted by atomic mass is 10.1. The third kappa shape index (κ3) is 6.67. The maximum absolute atomic E-state index is 11.3. The van der Waals surface area contributed by atoms with Crippen LogP contribution in [0.3, 0.4) is 0 Å². The van der Waals surface area contributed by atoms with Gasteiger partial charge in [0.15, 0.2) is 11.5 Å². The molecule has 6 N–H and O–H groups in total. The maximum Gasteiger partial charge on any atom is 0.221 e. The summed E-state index contributed by atoms with van der Waals surface area (Å²) in [5, 5.41) is 0. The van der Waals surface area contributed by atoms with Gasteiger partial charge in [-0.25, -0.2) is 4.98 Å². The molecule has 3 aromatic carbocycles. The Morgan fingerprint density at radius 3 is 2.05 bits per heavy atom. The first-order valence-electron chi connectivity index (χ1n) is 11.9. The fourth-order valence-electron chi connectivity index (χ4n) is 4.01. The summed E-state index contributed by atoms with van der Waals surface area (Å²) in [6, 6.07) is 17.6. The number of rotatable bonds is 11. The average Bonchev–Trinajstić information content (AvgIpc) is 2.93. The van der Waals surface area contributed by atoms with Crippen molar-refractivity contribution in [3.63, 3.8) is 0 Å². The zero-order valence-corrected chi connectivity index (χ0v) is 22.3. The molecular formula is C27H29N6O5S-. The first-order chi connectivity index (χ1) is 18.8. The number of nitrogens with zero attached hydrogens (tertiary/aromatic N) is 3. The molecule has 0 aliphatic heterocycles. The highest BCUT2D eigenvalue weighted by atomic mass is 32.2. The van der Waals surface area contributed by atoms with Crippen LogP contribution in [0.25, 0.3) is 0 Å². The highest BCUT2D eigenvalue weighted by Crippen LogP contribution is 2.39. The molecule has 0 amide bonds. The van der Waals surface area contributed by atoms with E-state index < -0.39 is 11.1 Å². The maximum atomic E-state index is 11.3. The summed E-state index contributed by atoms with van der Waals surface area (Å²) in [7, 11) is 3.10. The smallest absolute Gasteiger partial charge is 0.221 e. The van der Waals surface area contributed by atoms with Gasteiger partial charge < -0.3 is 40.9 Å². The molecule has 1 aromatic heterocycles. The van der Waals surface area contributed by atoms with Gasteiger partial charge in [0.1, 0.15) is 12.4 Å². The van der Waals surface area contributed by atoms with Crippen molar-refractivity contribution in [1.29, 1.82) is 0 Å². The van der Waals surface area contributed by atoms with Crippen LogP contribution in [-0.2, 0) is 17.5 Å². The summed E-state index contributed by atoms with van der Waals surface area (Å²) < 4.78 is 40.0. The van der Waals surface area contributed by atoms with Gasteiger partial charge in [0.05, 0.1) is 20.8 Å². The minimum absolute atomic E-state index is 0.111. The van der Waals surface area contributed by atoms with Crippen molar-refractivity contribution in [2.75, 3.05) is 49.5 Å². The van der Waals surface area contributed by atoms with Gasteiger partial charge in [-0.05, 0) is 77.3 Å². The minimum Gasteiger partial charge on any atom is -0.768 e. The van der Waals surface area contributed by atoms with Crippen LogP contribution in [-0.4, -0.2) is 46.1 Å². The second-order valence-electron chi connectivity index (χ2n) is 8.47. The van der Waals surface area contributed by atoms with E-state index in [4.69, 9.17) is 31.4 Å². The van der Waals surface area contributed by atoms with Crippen molar-refractivity contribution in [2.24, 2.45) is 0 Å². The topological polar surface area (TPSA) is 175 Å². The molecule has 0 spiro atoms. The van der Waals surface area contributed by atoms with Gasteiger partial charge in [-0.3, -0.25) is 4.21 Å². The van der Waals surface area contributed by atoms with E-state index >= 15 is 0 Å². The molecule has 0 saturated carbocycles. The Morgan fingerprint density at radius 1 is 0.923 bits per heavy atom. The molecule has 39 heavy (non-hydrogen) atoms. The Hall–Kier alpha value is -4.55. The van der Waals surface area contributed by atoms with E-state index in [1.54, 1.807) is 56.8 Å². The largest absolute Gasteiger partial charge is 0.768 e. The Bertz CT molecular complexity index is 1430. The van der Waals surface area contributed by atoms with Gasteiger partial charge in [0.25, 0.3) is 0 Å². The standard InChI is InChI=1S/C27H30N6O5S/c1-36-23-14-17(13-18-16-31-27(30)32-26(18)29)15-24(37-2)25(23)38-12-11-33(20-5-3-19(28)4-6-20)21-7-9-22(10-8-21)39(34)35/h3-10,14-16H,11-13,28H2,1-2H3,(H,34,35)(H4,29,30,31,32)/p-1. The summed E-state index contributed by atoms with van der Waals surface area (Å²) in [5.41, 5.74) is 21.3. The van der Waals surface area contributed by atoms with Crippen LogP contribution in [0.4, 0.5) is 28.8 Å². The number of anilines is 5. The number of nitrogens with two attached hydrogens (primary N) is 3. The molecule has 12 heteroatoms. The van der Waals surface area contributed by atoms with Crippen molar-refractivity contribution in [3.05, 3.63) is 78.0 Å². The molecule has 4 aromatic rings. The Kier molecular flexibility index (Phi) is 8.69. The Labute approximate surface area is 228 Å². The zero-order valence-electron chi connectivity index (χ0n) is 21.5. The molecule has 1 unspecified atom stereocenters. The number of ether oxygens (including phenoxy) is 3. The van der Waals surface area contributed by atoms with Crippen molar-refractivity contribution >= 4 is 39.9 Å². The average molecular weight is 550 g/mol. The SMILES string of the molecule is COc1cc(Cc2cnc(N)nc2N)cc(OC)c1OCCN(c1ccc(N)cc1)c1ccc(S(=O)[O-])cc1. The highest BCUT2D eigenvalue weighted by molar-refractivity contribution is 7.79. The summed E-state index contributed by atoms with van der Waals surface area (Å²) in [5.74, 6) is 1.83. The second-order valence-corrected chi connectivity index (χ2v) is 9.41. The third-order valence-electron chi connectivity index (χ3n) is 5.94. The number of hydrogen-bond acceptors (Lipinski definition) is 11. The Balaban J connectivity index is 1.56. The number of methoxy groups -OCH3 is 2. The molecule has 0 saturated heterocycles. The van der Waals surface area contributed by atoms with E-state index in [9.17, 15) is 8.76 Å². The van der Waals surface area contributed by atoms with Crippen molar-refractivity contribution < 1.29 is 23.0 Å². The van der Waals surface area contributed by atoms with E-state index in [1.807, 2.05) is 29.2 Å². The second kappa shape index (κ2) is 12.3. The predicted molar refractivity (Wildman–Crippen MR) is 150 cm³/mol. The number of aromatic nitrogens is 2. The normalized spacial score (nSPS) is 11.6. The molecule has 0 bridgehead atoms. The van der Waals surface area contributed by atoms with Crippen LogP contribution in [0.5, 0.6) is 17.2 Å².